The smallest absolute Gasteiger partial charge is 0.306 e. The zero-order valence-electron chi connectivity index (χ0n) is 53.5. The van der Waals surface area contributed by atoms with Crippen molar-refractivity contribution in [1.82, 2.24) is 0 Å². The molecule has 0 saturated carbocycles. The van der Waals surface area contributed by atoms with Crippen LogP contribution in [0.15, 0.2) is 0 Å². The zero-order valence-corrected chi connectivity index (χ0v) is 53.5. The molecule has 0 spiro atoms. The Labute approximate surface area is 488 Å². The van der Waals surface area contributed by atoms with Crippen molar-refractivity contribution in [2.75, 3.05) is 13.2 Å². The second kappa shape index (κ2) is 67.9. The molecule has 0 aromatic carbocycles. The molecule has 0 bridgehead atoms. The minimum Gasteiger partial charge on any atom is -0.462 e. The monoisotopic (exact) mass is 1100 g/mol. The van der Waals surface area contributed by atoms with Crippen molar-refractivity contribution in [3.8, 4) is 0 Å². The summed E-state index contributed by atoms with van der Waals surface area (Å²) in [5, 5.41) is 0. The number of unbranched alkanes of at least 4 members (excludes halogenated alkanes) is 57. The lowest BCUT2D eigenvalue weighted by molar-refractivity contribution is -0.167. The molecule has 0 heterocycles. The van der Waals surface area contributed by atoms with Crippen LogP contribution < -0.4 is 0 Å². The van der Waals surface area contributed by atoms with Gasteiger partial charge in [0.2, 0.25) is 0 Å². The summed E-state index contributed by atoms with van der Waals surface area (Å²) in [6.07, 6.45) is 80.7. The van der Waals surface area contributed by atoms with Gasteiger partial charge in [-0.15, -0.1) is 0 Å². The van der Waals surface area contributed by atoms with Crippen LogP contribution in [0.25, 0.3) is 0 Å². The average molecular weight is 1100 g/mol. The summed E-state index contributed by atoms with van der Waals surface area (Å²) in [4.78, 5) is 38.0. The number of hydrogen-bond acceptors (Lipinski definition) is 6. The molecule has 0 aliphatic rings. The maximum absolute atomic E-state index is 12.9. The molecule has 0 fully saturated rings. The zero-order chi connectivity index (χ0) is 56.4. The second-order valence-electron chi connectivity index (χ2n) is 24.9. The van der Waals surface area contributed by atoms with Crippen LogP contribution in [0.1, 0.15) is 425 Å². The number of ether oxygens (including phenoxy) is 3. The van der Waals surface area contributed by atoms with E-state index >= 15 is 0 Å². The van der Waals surface area contributed by atoms with Crippen molar-refractivity contribution in [2.24, 2.45) is 0 Å². The molecule has 6 heteroatoms. The molecule has 0 amide bonds. The molecule has 0 rings (SSSR count). The van der Waals surface area contributed by atoms with Gasteiger partial charge in [-0.25, -0.2) is 0 Å². The number of carbonyl (C=O) groups is 3. The van der Waals surface area contributed by atoms with E-state index in [-0.39, 0.29) is 31.1 Å². The minimum atomic E-state index is -0.761. The van der Waals surface area contributed by atoms with Crippen LogP contribution in [0, 0.1) is 0 Å². The summed E-state index contributed by atoms with van der Waals surface area (Å²) >= 11 is 0. The van der Waals surface area contributed by atoms with E-state index in [4.69, 9.17) is 14.2 Å². The molecule has 464 valence electrons. The molecule has 0 N–H and O–H groups in total. The van der Waals surface area contributed by atoms with Crippen LogP contribution >= 0.6 is 0 Å². The third kappa shape index (κ3) is 65.2. The van der Waals surface area contributed by atoms with E-state index in [1.54, 1.807) is 0 Å². The van der Waals surface area contributed by atoms with Crippen molar-refractivity contribution < 1.29 is 28.6 Å². The molecule has 0 saturated heterocycles. The van der Waals surface area contributed by atoms with Crippen molar-refractivity contribution in [2.45, 2.75) is 431 Å². The van der Waals surface area contributed by atoms with Gasteiger partial charge in [0.15, 0.2) is 6.10 Å². The number of esters is 3. The summed E-state index contributed by atoms with van der Waals surface area (Å²) in [5.41, 5.74) is 0. The molecule has 0 radical (unpaired) electrons. The van der Waals surface area contributed by atoms with E-state index in [2.05, 4.69) is 20.8 Å². The maximum Gasteiger partial charge on any atom is 0.306 e. The molecule has 0 aromatic heterocycles. The molecule has 1 atom stereocenters. The third-order valence-corrected chi connectivity index (χ3v) is 16.9. The number of rotatable bonds is 68. The first kappa shape index (κ1) is 76.4. The van der Waals surface area contributed by atoms with E-state index < -0.39 is 6.10 Å². The van der Waals surface area contributed by atoms with Crippen LogP contribution in [0.4, 0.5) is 0 Å². The van der Waals surface area contributed by atoms with Gasteiger partial charge in [0, 0.05) is 19.3 Å². The van der Waals surface area contributed by atoms with E-state index in [1.807, 2.05) is 0 Å². The Kier molecular flexibility index (Phi) is 66.5. The van der Waals surface area contributed by atoms with E-state index in [1.165, 1.54) is 321 Å². The Balaban J connectivity index is 3.88. The molecule has 78 heavy (non-hydrogen) atoms. The summed E-state index contributed by atoms with van der Waals surface area (Å²) in [6.45, 7) is 6.65. The van der Waals surface area contributed by atoms with Gasteiger partial charge in [-0.05, 0) is 19.3 Å². The summed E-state index contributed by atoms with van der Waals surface area (Å²) in [7, 11) is 0. The van der Waals surface area contributed by atoms with Gasteiger partial charge in [-0.1, -0.05) is 387 Å². The van der Waals surface area contributed by atoms with Gasteiger partial charge in [-0.2, -0.15) is 0 Å². The predicted molar refractivity (Wildman–Crippen MR) is 340 cm³/mol. The average Bonchev–Trinajstić information content (AvgIpc) is 3.44. The lowest BCUT2D eigenvalue weighted by atomic mass is 10.0. The quantitative estimate of drug-likeness (QED) is 0.0343. The summed E-state index contributed by atoms with van der Waals surface area (Å²) < 4.78 is 16.8. The van der Waals surface area contributed by atoms with Crippen molar-refractivity contribution >= 4 is 17.9 Å². The molecule has 0 aliphatic carbocycles. The minimum absolute atomic E-state index is 0.0621. The predicted octanol–water partition coefficient (Wildman–Crippen LogP) is 24.6. The summed E-state index contributed by atoms with van der Waals surface area (Å²) in [6, 6.07) is 0. The standard InChI is InChI=1S/C72H140O6/c1-4-7-10-13-15-17-19-21-23-25-27-29-31-33-34-35-36-37-39-40-42-44-46-48-50-52-54-56-59-62-65-71(74)77-68-69(67-76-70(73)64-61-58-12-9-6-3)78-72(75)66-63-60-57-55-53-51-49-47-45-43-41-38-32-30-28-26-24-22-20-18-16-14-11-8-5-2/h69H,4-68H2,1-3H3. The van der Waals surface area contributed by atoms with Crippen molar-refractivity contribution in [1.29, 1.82) is 0 Å². The lowest BCUT2D eigenvalue weighted by Gasteiger charge is -2.18. The highest BCUT2D eigenvalue weighted by Gasteiger charge is 2.19. The highest BCUT2D eigenvalue weighted by Crippen LogP contribution is 2.20. The van der Waals surface area contributed by atoms with Gasteiger partial charge in [0.1, 0.15) is 13.2 Å². The van der Waals surface area contributed by atoms with Gasteiger partial charge in [-0.3, -0.25) is 14.4 Å². The molecule has 6 nitrogen and oxygen atoms in total. The van der Waals surface area contributed by atoms with Crippen LogP contribution in [0.2, 0.25) is 0 Å². The maximum atomic E-state index is 12.9. The highest BCUT2D eigenvalue weighted by molar-refractivity contribution is 5.71. The Morgan fingerprint density at radius 1 is 0.205 bits per heavy atom. The van der Waals surface area contributed by atoms with Crippen LogP contribution in [0.3, 0.4) is 0 Å². The fourth-order valence-electron chi connectivity index (χ4n) is 11.5. The highest BCUT2D eigenvalue weighted by atomic mass is 16.6. The fourth-order valence-corrected chi connectivity index (χ4v) is 11.5. The van der Waals surface area contributed by atoms with Crippen LogP contribution in [-0.2, 0) is 28.6 Å². The van der Waals surface area contributed by atoms with Gasteiger partial charge in [0.25, 0.3) is 0 Å². The first-order valence-electron chi connectivity index (χ1n) is 36.0. The normalized spacial score (nSPS) is 11.9. The Morgan fingerprint density at radius 3 is 0.513 bits per heavy atom. The lowest BCUT2D eigenvalue weighted by Crippen LogP contribution is -2.30. The molecular formula is C72H140O6. The van der Waals surface area contributed by atoms with Gasteiger partial charge in [0.05, 0.1) is 0 Å². The van der Waals surface area contributed by atoms with Gasteiger partial charge < -0.3 is 14.2 Å². The molecule has 0 aliphatic heterocycles. The van der Waals surface area contributed by atoms with Crippen LogP contribution in [0.5, 0.6) is 0 Å². The number of hydrogen-bond donors (Lipinski definition) is 0. The topological polar surface area (TPSA) is 78.9 Å². The Bertz CT molecular complexity index is 1170. The Hall–Kier alpha value is -1.59. The Morgan fingerprint density at radius 2 is 0.346 bits per heavy atom. The van der Waals surface area contributed by atoms with E-state index in [0.717, 1.165) is 64.2 Å². The van der Waals surface area contributed by atoms with E-state index in [0.29, 0.717) is 19.3 Å². The van der Waals surface area contributed by atoms with E-state index in [9.17, 15) is 14.4 Å². The molecular weight excluding hydrogens is 961 g/mol. The fraction of sp³-hybridized carbons (Fsp3) is 0.958. The largest absolute Gasteiger partial charge is 0.462 e. The van der Waals surface area contributed by atoms with Gasteiger partial charge >= 0.3 is 17.9 Å². The molecule has 1 unspecified atom stereocenters. The van der Waals surface area contributed by atoms with Crippen molar-refractivity contribution in [3.05, 3.63) is 0 Å². The second-order valence-corrected chi connectivity index (χ2v) is 24.9. The number of carbonyl (C=O) groups excluding carboxylic acids is 3. The summed E-state index contributed by atoms with van der Waals surface area (Å²) in [5.74, 6) is -0.842. The van der Waals surface area contributed by atoms with Crippen molar-refractivity contribution in [3.63, 3.8) is 0 Å². The third-order valence-electron chi connectivity index (χ3n) is 16.9. The first-order valence-corrected chi connectivity index (χ1v) is 36.0. The SMILES string of the molecule is CCCCCCCCCCCCCCCCCCCCCCCCCCCCCCCCC(=O)OCC(COC(=O)CCCCCCC)OC(=O)CCCCCCCCCCCCCCCCCCCCCCCCCCC. The first-order chi connectivity index (χ1) is 38.5. The van der Waals surface area contributed by atoms with Crippen LogP contribution in [-0.4, -0.2) is 37.2 Å². The molecule has 0 aromatic rings.